The van der Waals surface area contributed by atoms with E-state index in [0.29, 0.717) is 13.0 Å². The zero-order valence-electron chi connectivity index (χ0n) is 13.3. The molecule has 0 N–H and O–H groups in total. The van der Waals surface area contributed by atoms with Crippen LogP contribution in [0.4, 0.5) is 4.79 Å². The second kappa shape index (κ2) is 6.90. The van der Waals surface area contributed by atoms with Crippen LogP contribution < -0.4 is 0 Å². The van der Waals surface area contributed by atoms with E-state index >= 15 is 0 Å². The molecule has 0 spiro atoms. The zero-order valence-corrected chi connectivity index (χ0v) is 14.1. The summed E-state index contributed by atoms with van der Waals surface area (Å²) in [5.74, 6) is 1.12. The summed E-state index contributed by atoms with van der Waals surface area (Å²) in [6.07, 6.45) is 4.15. The van der Waals surface area contributed by atoms with Gasteiger partial charge >= 0.3 is 6.09 Å². The van der Waals surface area contributed by atoms with Crippen molar-refractivity contribution in [1.82, 2.24) is 9.80 Å². The normalized spacial score (nSPS) is 23.1. The number of hydrogen-bond donors (Lipinski definition) is 0. The Labute approximate surface area is 131 Å². The number of cyclic esters (lactones) is 1. The van der Waals surface area contributed by atoms with Gasteiger partial charge in [0.1, 0.15) is 0 Å². The second-order valence-electron chi connectivity index (χ2n) is 6.70. The molecule has 5 nitrogen and oxygen atoms in total. The van der Waals surface area contributed by atoms with Crippen molar-refractivity contribution in [3.8, 4) is 0 Å². The Morgan fingerprint density at radius 3 is 2.67 bits per heavy atom. The van der Waals surface area contributed by atoms with Crippen LogP contribution >= 0.6 is 11.8 Å². The van der Waals surface area contributed by atoms with Crippen molar-refractivity contribution < 1.29 is 14.3 Å². The van der Waals surface area contributed by atoms with Gasteiger partial charge in [-0.3, -0.25) is 4.79 Å². The molecule has 2 saturated heterocycles. The van der Waals surface area contributed by atoms with Crippen molar-refractivity contribution in [2.24, 2.45) is 5.41 Å². The Kier molecular flexibility index (Phi) is 5.41. The lowest BCUT2D eigenvalue weighted by Crippen LogP contribution is -2.55. The molecule has 0 aromatic heterocycles. The molecule has 0 atom stereocenters. The SMILES string of the molecule is CSCCC(=O)N1CCC(N2CC(C)(C)COC2=O)CC1. The van der Waals surface area contributed by atoms with Crippen LogP contribution in [0, 0.1) is 5.41 Å². The van der Waals surface area contributed by atoms with Crippen LogP contribution in [0.25, 0.3) is 0 Å². The maximum Gasteiger partial charge on any atom is 0.410 e. The first kappa shape index (κ1) is 16.5. The summed E-state index contributed by atoms with van der Waals surface area (Å²) in [6.45, 7) is 6.98. The van der Waals surface area contributed by atoms with E-state index in [0.717, 1.165) is 38.2 Å². The Balaban J connectivity index is 1.85. The summed E-state index contributed by atoms with van der Waals surface area (Å²) >= 11 is 1.70. The highest BCUT2D eigenvalue weighted by molar-refractivity contribution is 7.98. The summed E-state index contributed by atoms with van der Waals surface area (Å²) in [5.41, 5.74) is 0.0131. The lowest BCUT2D eigenvalue weighted by Gasteiger charge is -2.44. The number of hydrogen-bond acceptors (Lipinski definition) is 4. The first-order chi connectivity index (χ1) is 9.93. The monoisotopic (exact) mass is 314 g/mol. The molecule has 2 rings (SSSR count). The summed E-state index contributed by atoms with van der Waals surface area (Å²) in [4.78, 5) is 27.8. The van der Waals surface area contributed by atoms with Crippen LogP contribution in [0.2, 0.25) is 0 Å². The molecule has 120 valence electrons. The summed E-state index contributed by atoms with van der Waals surface area (Å²) in [5, 5.41) is 0. The van der Waals surface area contributed by atoms with Crippen LogP contribution in [-0.2, 0) is 9.53 Å². The van der Waals surface area contributed by atoms with Gasteiger partial charge in [0, 0.05) is 43.3 Å². The predicted octanol–water partition coefficient (Wildman–Crippen LogP) is 2.21. The van der Waals surface area contributed by atoms with E-state index in [1.54, 1.807) is 11.8 Å². The third kappa shape index (κ3) is 4.28. The minimum Gasteiger partial charge on any atom is -0.449 e. The van der Waals surface area contributed by atoms with Gasteiger partial charge < -0.3 is 14.5 Å². The van der Waals surface area contributed by atoms with Crippen LogP contribution in [0.15, 0.2) is 0 Å². The zero-order chi connectivity index (χ0) is 15.5. The third-order valence-corrected chi connectivity index (χ3v) is 4.81. The fourth-order valence-corrected chi connectivity index (χ4v) is 3.34. The number of amides is 2. The van der Waals surface area contributed by atoms with Gasteiger partial charge in [0.25, 0.3) is 0 Å². The number of piperidine rings is 1. The van der Waals surface area contributed by atoms with Gasteiger partial charge in [0.05, 0.1) is 6.61 Å². The van der Waals surface area contributed by atoms with Crippen molar-refractivity contribution in [2.45, 2.75) is 39.2 Å². The number of carbonyl (C=O) groups excluding carboxylic acids is 2. The molecule has 0 aliphatic carbocycles. The number of ether oxygens (including phenoxy) is 1. The van der Waals surface area contributed by atoms with Gasteiger partial charge in [-0.05, 0) is 19.1 Å². The smallest absolute Gasteiger partial charge is 0.410 e. The van der Waals surface area contributed by atoms with Crippen LogP contribution in [0.1, 0.15) is 33.1 Å². The first-order valence-corrected chi connectivity index (χ1v) is 9.02. The van der Waals surface area contributed by atoms with E-state index in [1.807, 2.05) is 16.1 Å². The fourth-order valence-electron chi connectivity index (χ4n) is 2.96. The van der Waals surface area contributed by atoms with Crippen molar-refractivity contribution in [2.75, 3.05) is 38.2 Å². The molecule has 2 fully saturated rings. The summed E-state index contributed by atoms with van der Waals surface area (Å²) in [6, 6.07) is 0.210. The van der Waals surface area contributed by atoms with Crippen LogP contribution in [0.3, 0.4) is 0 Å². The third-order valence-electron chi connectivity index (χ3n) is 4.20. The van der Waals surface area contributed by atoms with Crippen molar-refractivity contribution in [1.29, 1.82) is 0 Å². The molecular formula is C15H26N2O3S. The molecule has 0 bridgehead atoms. The van der Waals surface area contributed by atoms with Gasteiger partial charge in [0.15, 0.2) is 0 Å². The molecule has 2 amide bonds. The number of rotatable bonds is 4. The van der Waals surface area contributed by atoms with Crippen LogP contribution in [-0.4, -0.2) is 66.1 Å². The number of nitrogens with zero attached hydrogens (tertiary/aromatic N) is 2. The van der Waals surface area contributed by atoms with Crippen molar-refractivity contribution >= 4 is 23.8 Å². The van der Waals surface area contributed by atoms with Gasteiger partial charge in [-0.2, -0.15) is 11.8 Å². The van der Waals surface area contributed by atoms with E-state index < -0.39 is 0 Å². The average Bonchev–Trinajstić information content (AvgIpc) is 2.47. The maximum absolute atomic E-state index is 12.0. The van der Waals surface area contributed by atoms with Gasteiger partial charge in [-0.15, -0.1) is 0 Å². The Morgan fingerprint density at radius 1 is 1.38 bits per heavy atom. The van der Waals surface area contributed by atoms with E-state index in [4.69, 9.17) is 4.74 Å². The van der Waals surface area contributed by atoms with Crippen molar-refractivity contribution in [3.05, 3.63) is 0 Å². The quantitative estimate of drug-likeness (QED) is 0.798. The standard InChI is InChI=1S/C15H26N2O3S/c1-15(2)10-17(14(19)20-11-15)12-4-7-16(8-5-12)13(18)6-9-21-3/h12H,4-11H2,1-3H3. The van der Waals surface area contributed by atoms with E-state index in [2.05, 4.69) is 13.8 Å². The molecule has 0 unspecified atom stereocenters. The lowest BCUT2D eigenvalue weighted by molar-refractivity contribution is -0.132. The molecule has 0 aromatic carbocycles. The molecule has 0 saturated carbocycles. The minimum atomic E-state index is -0.193. The number of carbonyl (C=O) groups is 2. The van der Waals surface area contributed by atoms with Gasteiger partial charge in [-0.1, -0.05) is 13.8 Å². The summed E-state index contributed by atoms with van der Waals surface area (Å²) in [7, 11) is 0. The second-order valence-corrected chi connectivity index (χ2v) is 7.69. The number of thioether (sulfide) groups is 1. The Morgan fingerprint density at radius 2 is 2.05 bits per heavy atom. The lowest BCUT2D eigenvalue weighted by atomic mass is 9.91. The van der Waals surface area contributed by atoms with E-state index in [9.17, 15) is 9.59 Å². The Bertz CT molecular complexity index is 392. The molecule has 0 aromatic rings. The largest absolute Gasteiger partial charge is 0.449 e. The molecule has 0 radical (unpaired) electrons. The average molecular weight is 314 g/mol. The highest BCUT2D eigenvalue weighted by Crippen LogP contribution is 2.28. The van der Waals surface area contributed by atoms with Gasteiger partial charge in [0.2, 0.25) is 5.91 Å². The predicted molar refractivity (Wildman–Crippen MR) is 84.4 cm³/mol. The number of likely N-dealkylation sites (tertiary alicyclic amines) is 1. The van der Waals surface area contributed by atoms with Gasteiger partial charge in [-0.25, -0.2) is 4.79 Å². The fraction of sp³-hybridized carbons (Fsp3) is 0.867. The molecule has 6 heteroatoms. The maximum atomic E-state index is 12.0. The minimum absolute atomic E-state index is 0.0131. The molecule has 2 aliphatic heterocycles. The Hall–Kier alpha value is -0.910. The molecule has 2 heterocycles. The highest BCUT2D eigenvalue weighted by atomic mass is 32.2. The van der Waals surface area contributed by atoms with E-state index in [-0.39, 0.29) is 23.5 Å². The molecule has 21 heavy (non-hydrogen) atoms. The molecule has 2 aliphatic rings. The van der Waals surface area contributed by atoms with Crippen molar-refractivity contribution in [3.63, 3.8) is 0 Å². The first-order valence-electron chi connectivity index (χ1n) is 7.63. The topological polar surface area (TPSA) is 49.9 Å². The molecular weight excluding hydrogens is 288 g/mol. The van der Waals surface area contributed by atoms with Crippen LogP contribution in [0.5, 0.6) is 0 Å². The van der Waals surface area contributed by atoms with E-state index in [1.165, 1.54) is 0 Å². The highest BCUT2D eigenvalue weighted by Gasteiger charge is 2.38. The summed E-state index contributed by atoms with van der Waals surface area (Å²) < 4.78 is 5.29.